The molecule has 2 rings (SSSR count). The van der Waals surface area contributed by atoms with E-state index in [-0.39, 0.29) is 6.10 Å². The lowest BCUT2D eigenvalue weighted by atomic mass is 10.1. The maximum absolute atomic E-state index is 5.60. The van der Waals surface area contributed by atoms with Crippen molar-refractivity contribution >= 4 is 5.96 Å². The molecule has 0 aromatic heterocycles. The fourth-order valence-corrected chi connectivity index (χ4v) is 2.65. The molecular formula is C20H27N3O2. The van der Waals surface area contributed by atoms with E-state index in [1.54, 1.807) is 21.3 Å². The molecule has 1 N–H and O–H groups in total. The smallest absolute Gasteiger partial charge is 0.193 e. The molecule has 25 heavy (non-hydrogen) atoms. The van der Waals surface area contributed by atoms with E-state index in [4.69, 9.17) is 9.47 Å². The summed E-state index contributed by atoms with van der Waals surface area (Å²) in [6.45, 7) is 1.41. The molecule has 0 radical (unpaired) electrons. The van der Waals surface area contributed by atoms with E-state index in [2.05, 4.69) is 39.5 Å². The van der Waals surface area contributed by atoms with Crippen molar-refractivity contribution in [1.82, 2.24) is 10.2 Å². The average Bonchev–Trinajstić information content (AvgIpc) is 2.66. The van der Waals surface area contributed by atoms with Crippen LogP contribution in [-0.2, 0) is 11.3 Å². The largest absolute Gasteiger partial charge is 0.497 e. The molecule has 0 aliphatic heterocycles. The van der Waals surface area contributed by atoms with E-state index in [1.165, 1.54) is 5.56 Å². The van der Waals surface area contributed by atoms with Gasteiger partial charge >= 0.3 is 0 Å². The van der Waals surface area contributed by atoms with E-state index < -0.39 is 0 Å². The lowest BCUT2D eigenvalue weighted by Gasteiger charge is -2.24. The topological polar surface area (TPSA) is 46.1 Å². The normalized spacial score (nSPS) is 12.6. The number of aliphatic imine (C=N–C) groups is 1. The van der Waals surface area contributed by atoms with Crippen LogP contribution in [0.5, 0.6) is 5.75 Å². The highest BCUT2D eigenvalue weighted by Gasteiger charge is 2.13. The molecule has 1 unspecified atom stereocenters. The van der Waals surface area contributed by atoms with Gasteiger partial charge in [0.15, 0.2) is 5.96 Å². The molecule has 0 spiro atoms. The molecule has 0 heterocycles. The van der Waals surface area contributed by atoms with E-state index >= 15 is 0 Å². The van der Waals surface area contributed by atoms with Crippen molar-refractivity contribution in [3.63, 3.8) is 0 Å². The highest BCUT2D eigenvalue weighted by Crippen LogP contribution is 2.15. The van der Waals surface area contributed by atoms with Gasteiger partial charge in [-0.05, 0) is 23.3 Å². The summed E-state index contributed by atoms with van der Waals surface area (Å²) in [5.41, 5.74) is 2.34. The molecule has 0 amide bonds. The Balaban J connectivity index is 1.94. The number of methoxy groups -OCH3 is 2. The van der Waals surface area contributed by atoms with Gasteiger partial charge in [0.1, 0.15) is 5.75 Å². The van der Waals surface area contributed by atoms with Crippen molar-refractivity contribution in [3.05, 3.63) is 65.7 Å². The fourth-order valence-electron chi connectivity index (χ4n) is 2.65. The van der Waals surface area contributed by atoms with E-state index in [0.29, 0.717) is 6.54 Å². The second-order valence-electron chi connectivity index (χ2n) is 5.77. The second-order valence-corrected chi connectivity index (χ2v) is 5.77. The highest BCUT2D eigenvalue weighted by molar-refractivity contribution is 5.79. The number of ether oxygens (including phenoxy) is 2. The van der Waals surface area contributed by atoms with Crippen LogP contribution >= 0.6 is 0 Å². The van der Waals surface area contributed by atoms with Gasteiger partial charge in [-0.1, -0.05) is 42.5 Å². The van der Waals surface area contributed by atoms with Crippen LogP contribution in [0, 0.1) is 0 Å². The molecule has 0 aliphatic carbocycles. The zero-order chi connectivity index (χ0) is 18.1. The van der Waals surface area contributed by atoms with Crippen LogP contribution in [0.25, 0.3) is 0 Å². The molecule has 134 valence electrons. The molecule has 0 saturated heterocycles. The molecular weight excluding hydrogens is 314 g/mol. The van der Waals surface area contributed by atoms with E-state index in [9.17, 15) is 0 Å². The number of guanidine groups is 1. The Kier molecular flexibility index (Phi) is 7.29. The standard InChI is InChI=1S/C20H27N3O2/c1-21-20(22-14-19(25-4)17-8-6-5-7-9-17)23(2)15-16-10-12-18(24-3)13-11-16/h5-13,19H,14-15H2,1-4H3,(H,21,22). The maximum atomic E-state index is 5.60. The summed E-state index contributed by atoms with van der Waals surface area (Å²) >= 11 is 0. The average molecular weight is 341 g/mol. The van der Waals surface area contributed by atoms with Crippen LogP contribution < -0.4 is 10.1 Å². The van der Waals surface area contributed by atoms with Crippen LogP contribution in [0.4, 0.5) is 0 Å². The monoisotopic (exact) mass is 341 g/mol. The second kappa shape index (κ2) is 9.69. The summed E-state index contributed by atoms with van der Waals surface area (Å²) in [6.07, 6.45) is -0.0210. The minimum atomic E-state index is -0.0210. The van der Waals surface area contributed by atoms with Crippen molar-refractivity contribution in [2.75, 3.05) is 34.9 Å². The molecule has 5 heteroatoms. The van der Waals surface area contributed by atoms with Crippen LogP contribution in [-0.4, -0.2) is 45.7 Å². The number of nitrogens with one attached hydrogen (secondary N) is 1. The minimum Gasteiger partial charge on any atom is -0.497 e. The van der Waals surface area contributed by atoms with Gasteiger partial charge in [0.05, 0.1) is 13.2 Å². The Hall–Kier alpha value is -2.53. The Morgan fingerprint density at radius 1 is 1.08 bits per heavy atom. The first-order valence-electron chi connectivity index (χ1n) is 8.30. The number of rotatable bonds is 7. The van der Waals surface area contributed by atoms with Gasteiger partial charge in [0.25, 0.3) is 0 Å². The van der Waals surface area contributed by atoms with Crippen LogP contribution in [0.3, 0.4) is 0 Å². The Bertz CT molecular complexity index is 656. The predicted octanol–water partition coefficient (Wildman–Crippen LogP) is 3.09. The van der Waals surface area contributed by atoms with Gasteiger partial charge in [-0.15, -0.1) is 0 Å². The van der Waals surface area contributed by atoms with E-state index in [0.717, 1.165) is 23.8 Å². The Labute approximate surface area is 150 Å². The Morgan fingerprint density at radius 3 is 2.32 bits per heavy atom. The van der Waals surface area contributed by atoms with Crippen LogP contribution in [0.2, 0.25) is 0 Å². The molecule has 1 atom stereocenters. The van der Waals surface area contributed by atoms with Crippen LogP contribution in [0.15, 0.2) is 59.6 Å². The third-order valence-corrected chi connectivity index (χ3v) is 4.05. The fraction of sp³-hybridized carbons (Fsp3) is 0.350. The van der Waals surface area contributed by atoms with Gasteiger partial charge in [0, 0.05) is 34.3 Å². The third-order valence-electron chi connectivity index (χ3n) is 4.05. The minimum absolute atomic E-state index is 0.0210. The lowest BCUT2D eigenvalue weighted by Crippen LogP contribution is -2.40. The molecule has 0 fully saturated rings. The summed E-state index contributed by atoms with van der Waals surface area (Å²) in [5.74, 6) is 1.69. The van der Waals surface area contributed by atoms with Crippen molar-refractivity contribution in [1.29, 1.82) is 0 Å². The maximum Gasteiger partial charge on any atom is 0.193 e. The van der Waals surface area contributed by atoms with Crippen LogP contribution in [0.1, 0.15) is 17.2 Å². The third kappa shape index (κ3) is 5.50. The quantitative estimate of drug-likeness (QED) is 0.621. The lowest BCUT2D eigenvalue weighted by molar-refractivity contribution is 0.106. The summed E-state index contributed by atoms with van der Waals surface area (Å²) in [5, 5.41) is 3.39. The molecule has 0 saturated carbocycles. The first-order valence-corrected chi connectivity index (χ1v) is 8.30. The first kappa shape index (κ1) is 18.8. The molecule has 2 aromatic carbocycles. The number of hydrogen-bond acceptors (Lipinski definition) is 3. The molecule has 0 aliphatic rings. The van der Waals surface area contributed by atoms with Gasteiger partial charge in [-0.3, -0.25) is 4.99 Å². The van der Waals surface area contributed by atoms with Gasteiger partial charge in [-0.25, -0.2) is 0 Å². The number of nitrogens with zero attached hydrogens (tertiary/aromatic N) is 2. The van der Waals surface area contributed by atoms with Gasteiger partial charge in [0.2, 0.25) is 0 Å². The molecule has 0 bridgehead atoms. The zero-order valence-corrected chi connectivity index (χ0v) is 15.4. The molecule has 2 aromatic rings. The number of benzene rings is 2. The summed E-state index contributed by atoms with van der Waals surface area (Å²) in [4.78, 5) is 6.45. The summed E-state index contributed by atoms with van der Waals surface area (Å²) < 4.78 is 10.8. The zero-order valence-electron chi connectivity index (χ0n) is 15.4. The summed E-state index contributed by atoms with van der Waals surface area (Å²) in [7, 11) is 7.20. The van der Waals surface area contributed by atoms with Crippen molar-refractivity contribution in [3.8, 4) is 5.75 Å². The van der Waals surface area contributed by atoms with Crippen molar-refractivity contribution in [2.45, 2.75) is 12.6 Å². The number of hydrogen-bond donors (Lipinski definition) is 1. The SMILES string of the molecule is CN=C(NCC(OC)c1ccccc1)N(C)Cc1ccc(OC)cc1. The van der Waals surface area contributed by atoms with E-state index in [1.807, 2.05) is 37.4 Å². The van der Waals surface area contributed by atoms with Gasteiger partial charge in [-0.2, -0.15) is 0 Å². The molecule has 5 nitrogen and oxygen atoms in total. The first-order chi connectivity index (χ1) is 12.2. The summed E-state index contributed by atoms with van der Waals surface area (Å²) in [6, 6.07) is 18.2. The van der Waals surface area contributed by atoms with Crippen molar-refractivity contribution in [2.24, 2.45) is 4.99 Å². The predicted molar refractivity (Wildman–Crippen MR) is 102 cm³/mol. The Morgan fingerprint density at radius 2 is 1.76 bits per heavy atom. The van der Waals surface area contributed by atoms with Gasteiger partial charge < -0.3 is 19.7 Å². The van der Waals surface area contributed by atoms with Crippen molar-refractivity contribution < 1.29 is 9.47 Å². The highest BCUT2D eigenvalue weighted by atomic mass is 16.5.